The van der Waals surface area contributed by atoms with Crippen LogP contribution >= 0.6 is 0 Å². The van der Waals surface area contributed by atoms with Gasteiger partial charge in [0.05, 0.1) is 13.1 Å². The van der Waals surface area contributed by atoms with Crippen molar-refractivity contribution < 1.29 is 4.63 Å². The monoisotopic (exact) mass is 370 g/mol. The van der Waals surface area contributed by atoms with Crippen molar-refractivity contribution in [2.75, 3.05) is 28.4 Å². The fraction of sp³-hybridized carbons (Fsp3) is 0.625. The zero-order valence-corrected chi connectivity index (χ0v) is 15.8. The normalized spacial score (nSPS) is 19.7. The van der Waals surface area contributed by atoms with E-state index in [2.05, 4.69) is 57.2 Å². The smallest absolute Gasteiger partial charge is 0.209 e. The molecule has 1 fully saturated rings. The van der Waals surface area contributed by atoms with E-state index in [1.54, 1.807) is 0 Å². The molecule has 0 atom stereocenters. The summed E-state index contributed by atoms with van der Waals surface area (Å²) in [5.74, 6) is 2.45. The number of aromatic nitrogens is 4. The molecule has 5 rings (SSSR count). The Hall–Kier alpha value is -2.82. The molecule has 3 aliphatic heterocycles. The van der Waals surface area contributed by atoms with Crippen LogP contribution in [0.1, 0.15) is 44.4 Å². The van der Waals surface area contributed by atoms with Crippen molar-refractivity contribution in [3.63, 3.8) is 0 Å². The average molecular weight is 370 g/mol. The fourth-order valence-electron chi connectivity index (χ4n) is 3.33. The molecular weight excluding hydrogens is 348 g/mol. The zero-order valence-electron chi connectivity index (χ0n) is 15.8. The summed E-state index contributed by atoms with van der Waals surface area (Å²) < 4.78 is 4.82. The molecule has 0 amide bonds. The van der Waals surface area contributed by atoms with Crippen LogP contribution in [0.3, 0.4) is 0 Å². The highest BCUT2D eigenvalue weighted by Crippen LogP contribution is 2.44. The van der Waals surface area contributed by atoms with E-state index in [4.69, 9.17) is 14.6 Å². The molecule has 1 saturated heterocycles. The first kappa shape index (κ1) is 16.4. The van der Waals surface area contributed by atoms with Crippen LogP contribution in [0.2, 0.25) is 0 Å². The molecule has 0 bridgehead atoms. The zero-order chi connectivity index (χ0) is 18.8. The molecule has 2 aromatic rings. The summed E-state index contributed by atoms with van der Waals surface area (Å²) in [4.78, 5) is 12.0. The Morgan fingerprint density at radius 3 is 2.56 bits per heavy atom. The van der Waals surface area contributed by atoms with Crippen molar-refractivity contribution in [3.8, 4) is 0 Å². The average Bonchev–Trinajstić information content (AvgIpc) is 2.94. The number of hydrogen-bond donors (Lipinski definition) is 2. The first-order valence-electron chi connectivity index (χ1n) is 9.03. The van der Waals surface area contributed by atoms with Gasteiger partial charge in [-0.05, 0) is 6.92 Å². The molecule has 11 nitrogen and oxygen atoms in total. The lowest BCUT2D eigenvalue weighted by Crippen LogP contribution is -2.36. The first-order valence-corrected chi connectivity index (χ1v) is 9.03. The number of fused-ring (bicyclic) bond motifs is 1. The van der Waals surface area contributed by atoms with E-state index in [0.29, 0.717) is 6.54 Å². The maximum Gasteiger partial charge on any atom is 0.209 e. The van der Waals surface area contributed by atoms with Crippen molar-refractivity contribution in [2.24, 2.45) is 10.2 Å². The number of anilines is 3. The molecule has 27 heavy (non-hydrogen) atoms. The molecule has 0 unspecified atom stereocenters. The van der Waals surface area contributed by atoms with Gasteiger partial charge in [-0.25, -0.2) is 14.6 Å². The summed E-state index contributed by atoms with van der Waals surface area (Å²) >= 11 is 0. The predicted molar refractivity (Wildman–Crippen MR) is 97.1 cm³/mol. The molecule has 0 radical (unpaired) electrons. The number of nitrogens with zero attached hydrogens (tertiary/aromatic N) is 8. The molecule has 5 heterocycles. The molecule has 11 heteroatoms. The van der Waals surface area contributed by atoms with E-state index in [-0.39, 0.29) is 11.1 Å². The van der Waals surface area contributed by atoms with E-state index in [9.17, 15) is 0 Å². The van der Waals surface area contributed by atoms with Crippen molar-refractivity contribution in [1.29, 1.82) is 0 Å². The molecular formula is C16H22N10O. The van der Waals surface area contributed by atoms with Crippen LogP contribution in [0.4, 0.5) is 17.3 Å². The Labute approximate surface area is 156 Å². The maximum absolute atomic E-state index is 4.90. The quantitative estimate of drug-likeness (QED) is 0.831. The summed E-state index contributed by atoms with van der Waals surface area (Å²) in [5, 5.41) is 18.2. The van der Waals surface area contributed by atoms with Gasteiger partial charge < -0.3 is 4.90 Å². The van der Waals surface area contributed by atoms with Crippen LogP contribution in [0.15, 0.2) is 14.9 Å². The fourth-order valence-corrected chi connectivity index (χ4v) is 3.33. The van der Waals surface area contributed by atoms with E-state index in [1.807, 2.05) is 11.9 Å². The van der Waals surface area contributed by atoms with Gasteiger partial charge in [0.2, 0.25) is 5.66 Å². The Balaban J connectivity index is 1.54. The molecule has 1 spiro atoms. The summed E-state index contributed by atoms with van der Waals surface area (Å²) in [6.45, 7) is 10.3. The highest BCUT2D eigenvalue weighted by molar-refractivity contribution is 5.81. The Kier molecular flexibility index (Phi) is 3.24. The highest BCUT2D eigenvalue weighted by Gasteiger charge is 2.48. The molecule has 2 aromatic heterocycles. The number of rotatable bonds is 3. The molecule has 142 valence electrons. The van der Waals surface area contributed by atoms with Crippen LogP contribution in [-0.4, -0.2) is 39.0 Å². The summed E-state index contributed by atoms with van der Waals surface area (Å²) in [6, 6.07) is 0. The van der Waals surface area contributed by atoms with Crippen molar-refractivity contribution >= 4 is 17.3 Å². The Bertz CT molecular complexity index is 924. The van der Waals surface area contributed by atoms with Crippen molar-refractivity contribution in [3.05, 3.63) is 17.2 Å². The third-order valence-electron chi connectivity index (χ3n) is 5.08. The van der Waals surface area contributed by atoms with Gasteiger partial charge in [-0.1, -0.05) is 31.1 Å². The minimum absolute atomic E-state index is 0.185. The van der Waals surface area contributed by atoms with Crippen molar-refractivity contribution in [1.82, 2.24) is 25.8 Å². The maximum atomic E-state index is 4.90. The van der Waals surface area contributed by atoms with Crippen molar-refractivity contribution in [2.45, 2.75) is 51.7 Å². The van der Waals surface area contributed by atoms with E-state index in [0.717, 1.165) is 54.0 Å². The van der Waals surface area contributed by atoms with Gasteiger partial charge in [0, 0.05) is 18.4 Å². The summed E-state index contributed by atoms with van der Waals surface area (Å²) in [5.41, 5.74) is 8.36. The largest absolute Gasteiger partial charge is 0.350 e. The lowest BCUT2D eigenvalue weighted by molar-refractivity contribution is 0.301. The van der Waals surface area contributed by atoms with Gasteiger partial charge >= 0.3 is 0 Å². The number of hydrogen-bond acceptors (Lipinski definition) is 11. The molecule has 0 aliphatic carbocycles. The molecule has 0 aromatic carbocycles. The molecule has 3 aliphatic rings. The number of hydrazine groups is 2. The van der Waals surface area contributed by atoms with Crippen LogP contribution < -0.4 is 20.9 Å². The highest BCUT2D eigenvalue weighted by atomic mass is 16.6. The Morgan fingerprint density at radius 1 is 1.15 bits per heavy atom. The second kappa shape index (κ2) is 5.35. The minimum Gasteiger partial charge on any atom is -0.350 e. The van der Waals surface area contributed by atoms with E-state index in [1.165, 1.54) is 0 Å². The Morgan fingerprint density at radius 2 is 1.93 bits per heavy atom. The van der Waals surface area contributed by atoms with Gasteiger partial charge in [0.25, 0.3) is 0 Å². The molecule has 2 N–H and O–H groups in total. The van der Waals surface area contributed by atoms with Crippen LogP contribution in [0.5, 0.6) is 0 Å². The first-order chi connectivity index (χ1) is 12.8. The number of aryl methyl sites for hydroxylation is 1. The second-order valence-corrected chi connectivity index (χ2v) is 8.29. The van der Waals surface area contributed by atoms with Crippen LogP contribution in [0, 0.1) is 6.92 Å². The molecule has 0 saturated carbocycles. The van der Waals surface area contributed by atoms with Gasteiger partial charge in [-0.15, -0.1) is 5.53 Å². The number of nitrogens with one attached hydrogen (secondary N) is 2. The SMILES string of the molecule is Cc1nonc1CN1NNc2c(N3CCC4(C3)N=N4)nc(C(C)(C)C)nc21. The third-order valence-corrected chi connectivity index (χ3v) is 5.08. The topological polar surface area (TPSA) is 120 Å². The van der Waals surface area contributed by atoms with Gasteiger partial charge in [0.1, 0.15) is 22.9 Å². The second-order valence-electron chi connectivity index (χ2n) is 8.29. The third kappa shape index (κ3) is 2.69. The minimum atomic E-state index is -0.213. The van der Waals surface area contributed by atoms with E-state index >= 15 is 0 Å². The summed E-state index contributed by atoms with van der Waals surface area (Å²) in [6.07, 6.45) is 0.928. The standard InChI is InChI=1S/C16H22N10O/c1-9-10(21-27-20-9)7-26-13-11(19-24-26)12(17-14(18-13)15(2,3)4)25-6-5-16(8-25)22-23-16/h19,24H,5-8H2,1-4H3. The lowest BCUT2D eigenvalue weighted by atomic mass is 9.95. The van der Waals surface area contributed by atoms with E-state index < -0.39 is 0 Å². The van der Waals surface area contributed by atoms with Crippen LogP contribution in [0.25, 0.3) is 0 Å². The van der Waals surface area contributed by atoms with Gasteiger partial charge in [-0.2, -0.15) is 10.2 Å². The summed E-state index contributed by atoms with van der Waals surface area (Å²) in [7, 11) is 0. The van der Waals surface area contributed by atoms with Crippen LogP contribution in [-0.2, 0) is 12.0 Å². The lowest BCUT2D eigenvalue weighted by Gasteiger charge is -2.24. The van der Waals surface area contributed by atoms with Gasteiger partial charge in [0.15, 0.2) is 11.6 Å². The predicted octanol–water partition coefficient (Wildman–Crippen LogP) is 1.69. The van der Waals surface area contributed by atoms with Gasteiger partial charge in [-0.3, -0.25) is 10.4 Å².